The molecule has 0 heterocycles. The molecule has 0 spiro atoms. The fraction of sp³-hybridized carbons (Fsp3) is 0.500. The van der Waals surface area contributed by atoms with Crippen molar-refractivity contribution in [2.75, 3.05) is 27.9 Å². The molecule has 2 rings (SSSR count). The van der Waals surface area contributed by atoms with Crippen molar-refractivity contribution in [3.63, 3.8) is 0 Å². The molecule has 0 aliphatic heterocycles. The number of ether oxygens (including phenoxy) is 4. The maximum atomic E-state index is 12.0. The van der Waals surface area contributed by atoms with Gasteiger partial charge in [-0.25, -0.2) is 9.59 Å². The number of hydrogen-bond donors (Lipinski definition) is 2. The number of amides is 3. The van der Waals surface area contributed by atoms with Crippen LogP contribution in [0.2, 0.25) is 0 Å². The summed E-state index contributed by atoms with van der Waals surface area (Å²) < 4.78 is 20.6. The van der Waals surface area contributed by atoms with Gasteiger partial charge in [0.2, 0.25) is 0 Å². The lowest BCUT2D eigenvalue weighted by Gasteiger charge is -2.29. The van der Waals surface area contributed by atoms with Crippen molar-refractivity contribution in [1.29, 1.82) is 0 Å². The van der Waals surface area contributed by atoms with Crippen LogP contribution >= 0.6 is 0 Å². The Bertz CT molecular complexity index is 822. The van der Waals surface area contributed by atoms with Crippen LogP contribution in [-0.4, -0.2) is 51.9 Å². The Morgan fingerprint density at radius 3 is 2.29 bits per heavy atom. The smallest absolute Gasteiger partial charge is 0.331 e. The van der Waals surface area contributed by atoms with Crippen molar-refractivity contribution in [2.24, 2.45) is 5.92 Å². The van der Waals surface area contributed by atoms with Gasteiger partial charge in [-0.3, -0.25) is 10.1 Å². The van der Waals surface area contributed by atoms with E-state index in [1.807, 2.05) is 0 Å². The fourth-order valence-electron chi connectivity index (χ4n) is 3.42. The first-order valence-electron chi connectivity index (χ1n) is 10.1. The molecule has 1 saturated carbocycles. The first-order chi connectivity index (χ1) is 14.9. The molecule has 2 atom stereocenters. The zero-order chi connectivity index (χ0) is 22.8. The van der Waals surface area contributed by atoms with Gasteiger partial charge in [-0.2, -0.15) is 0 Å². The number of methoxy groups -OCH3 is 3. The summed E-state index contributed by atoms with van der Waals surface area (Å²) in [4.78, 5) is 35.8. The van der Waals surface area contributed by atoms with E-state index < -0.39 is 24.5 Å². The highest BCUT2D eigenvalue weighted by molar-refractivity contribution is 5.96. The molecule has 1 aromatic rings. The average Bonchev–Trinajstić information content (AvgIpc) is 2.77. The molecule has 1 aromatic carbocycles. The second-order valence-electron chi connectivity index (χ2n) is 7.28. The van der Waals surface area contributed by atoms with E-state index in [2.05, 4.69) is 17.6 Å². The van der Waals surface area contributed by atoms with E-state index in [9.17, 15) is 14.4 Å². The van der Waals surface area contributed by atoms with Crippen LogP contribution in [0.1, 0.15) is 38.2 Å². The summed E-state index contributed by atoms with van der Waals surface area (Å²) in [5, 5.41) is 4.99. The Hall–Kier alpha value is -3.23. The van der Waals surface area contributed by atoms with Gasteiger partial charge in [-0.15, -0.1) is 0 Å². The van der Waals surface area contributed by atoms with Crippen LogP contribution in [0.25, 0.3) is 6.08 Å². The average molecular weight is 434 g/mol. The lowest BCUT2D eigenvalue weighted by Crippen LogP contribution is -2.48. The lowest BCUT2D eigenvalue weighted by atomic mass is 9.86. The second-order valence-corrected chi connectivity index (χ2v) is 7.28. The fourth-order valence-corrected chi connectivity index (χ4v) is 3.42. The topological polar surface area (TPSA) is 112 Å². The highest BCUT2D eigenvalue weighted by Gasteiger charge is 2.23. The second kappa shape index (κ2) is 11.8. The highest BCUT2D eigenvalue weighted by atomic mass is 16.5. The van der Waals surface area contributed by atoms with Gasteiger partial charge in [0.05, 0.1) is 21.3 Å². The van der Waals surface area contributed by atoms with E-state index in [1.54, 1.807) is 12.1 Å². The normalized spacial score (nSPS) is 18.2. The molecular weight excluding hydrogens is 404 g/mol. The van der Waals surface area contributed by atoms with Crippen molar-refractivity contribution in [3.05, 3.63) is 23.8 Å². The molecule has 3 amide bonds. The van der Waals surface area contributed by atoms with Crippen molar-refractivity contribution in [3.8, 4) is 17.2 Å². The largest absolute Gasteiger partial charge is 0.496 e. The van der Waals surface area contributed by atoms with Gasteiger partial charge in [-0.1, -0.05) is 19.8 Å². The molecular formula is C22H30N2O7. The number of rotatable bonds is 8. The summed E-state index contributed by atoms with van der Waals surface area (Å²) in [5.41, 5.74) is 0.558. The minimum Gasteiger partial charge on any atom is -0.496 e. The van der Waals surface area contributed by atoms with Gasteiger partial charge in [0.1, 0.15) is 5.75 Å². The van der Waals surface area contributed by atoms with E-state index in [0.717, 1.165) is 31.8 Å². The van der Waals surface area contributed by atoms with E-state index >= 15 is 0 Å². The Labute approximate surface area is 182 Å². The maximum absolute atomic E-state index is 12.0. The number of hydrogen-bond acceptors (Lipinski definition) is 7. The number of esters is 1. The van der Waals surface area contributed by atoms with Crippen molar-refractivity contribution in [1.82, 2.24) is 10.6 Å². The summed E-state index contributed by atoms with van der Waals surface area (Å²) in [7, 11) is 4.49. The first kappa shape index (κ1) is 24.0. The first-order valence-corrected chi connectivity index (χ1v) is 10.1. The molecule has 1 aliphatic carbocycles. The summed E-state index contributed by atoms with van der Waals surface area (Å²) in [6.07, 6.45) is 6.77. The molecule has 2 unspecified atom stereocenters. The van der Waals surface area contributed by atoms with Crippen LogP contribution in [0.5, 0.6) is 17.2 Å². The maximum Gasteiger partial charge on any atom is 0.331 e. The van der Waals surface area contributed by atoms with Gasteiger partial charge in [-0.05, 0) is 30.9 Å². The van der Waals surface area contributed by atoms with Crippen LogP contribution in [0.15, 0.2) is 18.2 Å². The van der Waals surface area contributed by atoms with Crippen molar-refractivity contribution < 1.29 is 33.3 Å². The highest BCUT2D eigenvalue weighted by Crippen LogP contribution is 2.35. The van der Waals surface area contributed by atoms with E-state index in [4.69, 9.17) is 18.9 Å². The van der Waals surface area contributed by atoms with Gasteiger partial charge in [0.25, 0.3) is 5.91 Å². The van der Waals surface area contributed by atoms with Crippen LogP contribution in [0, 0.1) is 5.92 Å². The SMILES string of the molecule is COc1cc(OC)c(OC)cc1/C=C/C(=O)OCC(=O)NC(=O)NC1CCCCC1C. The summed E-state index contributed by atoms with van der Waals surface area (Å²) in [5.74, 6) is 0.338. The lowest BCUT2D eigenvalue weighted by molar-refractivity contribution is -0.143. The van der Waals surface area contributed by atoms with Gasteiger partial charge in [0.15, 0.2) is 18.1 Å². The van der Waals surface area contributed by atoms with Crippen LogP contribution in [-0.2, 0) is 14.3 Å². The number of urea groups is 1. The third kappa shape index (κ3) is 7.20. The molecule has 31 heavy (non-hydrogen) atoms. The molecule has 0 radical (unpaired) electrons. The minimum atomic E-state index is -0.742. The van der Waals surface area contributed by atoms with Gasteiger partial charge >= 0.3 is 12.0 Å². The number of benzene rings is 1. The zero-order valence-corrected chi connectivity index (χ0v) is 18.4. The van der Waals surface area contributed by atoms with Crippen LogP contribution < -0.4 is 24.8 Å². The monoisotopic (exact) mass is 434 g/mol. The number of carbonyl (C=O) groups is 3. The Balaban J connectivity index is 1.85. The third-order valence-electron chi connectivity index (χ3n) is 5.16. The number of imide groups is 1. The molecule has 1 fully saturated rings. The Morgan fingerprint density at radius 2 is 1.65 bits per heavy atom. The van der Waals surface area contributed by atoms with Crippen molar-refractivity contribution in [2.45, 2.75) is 38.6 Å². The quantitative estimate of drug-likeness (QED) is 0.478. The molecule has 1 aliphatic rings. The number of nitrogens with one attached hydrogen (secondary N) is 2. The molecule has 2 N–H and O–H groups in total. The molecule has 9 heteroatoms. The number of carbonyl (C=O) groups excluding carboxylic acids is 3. The Kier molecular flexibility index (Phi) is 9.17. The van der Waals surface area contributed by atoms with Gasteiger partial charge < -0.3 is 24.3 Å². The van der Waals surface area contributed by atoms with Crippen LogP contribution in [0.4, 0.5) is 4.79 Å². The minimum absolute atomic E-state index is 0.0449. The van der Waals surface area contributed by atoms with Crippen LogP contribution in [0.3, 0.4) is 0 Å². The third-order valence-corrected chi connectivity index (χ3v) is 5.16. The van der Waals surface area contributed by atoms with E-state index in [1.165, 1.54) is 27.4 Å². The standard InChI is InChI=1S/C22H30N2O7/c1-14-7-5-6-8-16(14)23-22(27)24-20(25)13-31-21(26)10-9-15-11-18(29-3)19(30-4)12-17(15)28-2/h9-12,14,16H,5-8,13H2,1-4H3,(H2,23,24,25,27)/b10-9+. The van der Waals surface area contributed by atoms with E-state index in [-0.39, 0.29) is 6.04 Å². The molecule has 0 saturated heterocycles. The van der Waals surface area contributed by atoms with Crippen molar-refractivity contribution >= 4 is 24.0 Å². The summed E-state index contributed by atoms with van der Waals surface area (Å²) in [6.45, 7) is 1.51. The predicted molar refractivity (Wildman–Crippen MR) is 114 cm³/mol. The molecule has 9 nitrogen and oxygen atoms in total. The molecule has 0 aromatic heterocycles. The summed E-state index contributed by atoms with van der Waals surface area (Å²) in [6, 6.07) is 2.74. The summed E-state index contributed by atoms with van der Waals surface area (Å²) >= 11 is 0. The Morgan fingerprint density at radius 1 is 1.00 bits per heavy atom. The predicted octanol–water partition coefficient (Wildman–Crippen LogP) is 2.67. The molecule has 0 bridgehead atoms. The van der Waals surface area contributed by atoms with E-state index in [0.29, 0.717) is 28.7 Å². The molecule has 170 valence electrons. The van der Waals surface area contributed by atoms with Gasteiger partial charge in [0, 0.05) is 23.7 Å². The zero-order valence-electron chi connectivity index (χ0n) is 18.4.